The van der Waals surface area contributed by atoms with Crippen LogP contribution in [0, 0.1) is 13.8 Å². The monoisotopic (exact) mass is 325 g/mol. The van der Waals surface area contributed by atoms with E-state index in [0.29, 0.717) is 9.20 Å². The van der Waals surface area contributed by atoms with Crippen molar-refractivity contribution in [1.29, 1.82) is 0 Å². The summed E-state index contributed by atoms with van der Waals surface area (Å²) in [5.74, 6) is -0.0236. The van der Waals surface area contributed by atoms with E-state index in [-0.39, 0.29) is 17.1 Å². The van der Waals surface area contributed by atoms with Gasteiger partial charge in [0.2, 0.25) is 5.78 Å². The van der Waals surface area contributed by atoms with Gasteiger partial charge in [0.05, 0.1) is 15.5 Å². The van der Waals surface area contributed by atoms with E-state index in [1.807, 2.05) is 32.1 Å². The van der Waals surface area contributed by atoms with Crippen molar-refractivity contribution in [2.24, 2.45) is 0 Å². The van der Waals surface area contributed by atoms with Gasteiger partial charge < -0.3 is 9.40 Å². The average Bonchev–Trinajstić information content (AvgIpc) is 3.08. The molecule has 3 aromatic rings. The van der Waals surface area contributed by atoms with Crippen molar-refractivity contribution in [1.82, 2.24) is 4.98 Å². The third-order valence-corrected chi connectivity index (χ3v) is 4.21. The van der Waals surface area contributed by atoms with E-state index in [1.165, 1.54) is 23.7 Å². The number of carbonyl (C=O) groups excluding carboxylic acids is 1. The molecule has 116 valence electrons. The maximum Gasteiger partial charge on any atom is 0.266 e. The predicted molar refractivity (Wildman–Crippen MR) is 91.2 cm³/mol. The minimum Gasteiger partial charge on any atom is -0.461 e. The van der Waals surface area contributed by atoms with Gasteiger partial charge in [0.15, 0.2) is 5.76 Å². The summed E-state index contributed by atoms with van der Waals surface area (Å²) >= 11 is 1.25. The second kappa shape index (κ2) is 6.22. The van der Waals surface area contributed by atoms with Gasteiger partial charge in [-0.25, -0.2) is 0 Å². The molecule has 0 aliphatic heterocycles. The first-order valence-corrected chi connectivity index (χ1v) is 7.91. The van der Waals surface area contributed by atoms with E-state index in [2.05, 4.69) is 11.1 Å². The van der Waals surface area contributed by atoms with Crippen LogP contribution in [0.15, 0.2) is 45.8 Å². The smallest absolute Gasteiger partial charge is 0.266 e. The van der Waals surface area contributed by atoms with Crippen LogP contribution in [0.5, 0.6) is 0 Å². The zero-order chi connectivity index (χ0) is 16.4. The third-order valence-electron chi connectivity index (χ3n) is 3.25. The number of thiazole rings is 1. The van der Waals surface area contributed by atoms with Crippen molar-refractivity contribution < 1.29 is 9.21 Å². The van der Waals surface area contributed by atoms with Gasteiger partial charge in [-0.15, -0.1) is 11.3 Å². The van der Waals surface area contributed by atoms with Gasteiger partial charge in [-0.1, -0.05) is 29.3 Å². The molecule has 3 rings (SSSR count). The van der Waals surface area contributed by atoms with Crippen LogP contribution in [-0.4, -0.2) is 10.8 Å². The van der Waals surface area contributed by atoms with Crippen molar-refractivity contribution in [2.75, 3.05) is 0 Å². The number of rotatable bonds is 3. The Bertz CT molecular complexity index is 1000. The van der Waals surface area contributed by atoms with Crippen molar-refractivity contribution >= 4 is 29.3 Å². The number of H-pyrrole nitrogens is 1. The van der Waals surface area contributed by atoms with E-state index < -0.39 is 0 Å². The van der Waals surface area contributed by atoms with E-state index in [1.54, 1.807) is 12.1 Å². The molecular weight excluding hydrogens is 310 g/mol. The maximum absolute atomic E-state index is 12.1. The minimum absolute atomic E-state index is 0.201. The molecule has 0 unspecified atom stereocenters. The van der Waals surface area contributed by atoms with Gasteiger partial charge in [0.1, 0.15) is 0 Å². The second-order valence-electron chi connectivity index (χ2n) is 5.34. The zero-order valence-electron chi connectivity index (χ0n) is 12.8. The molecule has 5 heteroatoms. The van der Waals surface area contributed by atoms with Gasteiger partial charge >= 0.3 is 0 Å². The molecule has 0 saturated heterocycles. The molecule has 2 aromatic heterocycles. The van der Waals surface area contributed by atoms with Crippen molar-refractivity contribution in [3.05, 3.63) is 78.6 Å². The Balaban J connectivity index is 2.03. The lowest BCUT2D eigenvalue weighted by atomic mass is 10.1. The standard InChI is InChI=1S/C18H15NO3S/c1-11-6-12(2)8-13(7-11)9-16-18(21)19-17(23-16)10-14(20)15-4-3-5-22-15/h3-10H,1-2H3,(H,19,21). The summed E-state index contributed by atoms with van der Waals surface area (Å²) in [6, 6.07) is 9.36. The van der Waals surface area contributed by atoms with Crippen molar-refractivity contribution in [3.8, 4) is 0 Å². The molecular formula is C18H15NO3S. The van der Waals surface area contributed by atoms with Gasteiger partial charge in [0.25, 0.3) is 5.56 Å². The number of nitrogens with one attached hydrogen (secondary N) is 1. The van der Waals surface area contributed by atoms with Crippen LogP contribution in [0.4, 0.5) is 0 Å². The number of benzene rings is 1. The summed E-state index contributed by atoms with van der Waals surface area (Å²) in [5.41, 5.74) is 3.06. The topological polar surface area (TPSA) is 63.1 Å². The van der Waals surface area contributed by atoms with E-state index >= 15 is 0 Å². The fourth-order valence-corrected chi connectivity index (χ4v) is 3.26. The predicted octanol–water partition coefficient (Wildman–Crippen LogP) is 2.14. The summed E-state index contributed by atoms with van der Waals surface area (Å²) in [6.07, 6.45) is 4.65. The molecule has 0 bridgehead atoms. The number of carbonyl (C=O) groups is 1. The van der Waals surface area contributed by atoms with Crippen LogP contribution in [0.25, 0.3) is 12.2 Å². The van der Waals surface area contributed by atoms with Crippen LogP contribution >= 0.6 is 11.3 Å². The third kappa shape index (κ3) is 3.57. The highest BCUT2D eigenvalue weighted by atomic mass is 32.1. The number of hydrogen-bond donors (Lipinski definition) is 1. The summed E-state index contributed by atoms with van der Waals surface area (Å²) in [6.45, 7) is 4.04. The average molecular weight is 325 g/mol. The second-order valence-corrected chi connectivity index (χ2v) is 6.42. The number of hydrogen-bond acceptors (Lipinski definition) is 4. The van der Waals surface area contributed by atoms with Crippen molar-refractivity contribution in [2.45, 2.75) is 13.8 Å². The number of furan rings is 1. The lowest BCUT2D eigenvalue weighted by Gasteiger charge is -1.98. The summed E-state index contributed by atoms with van der Waals surface area (Å²) < 4.78 is 6.12. The number of aryl methyl sites for hydroxylation is 2. The van der Waals surface area contributed by atoms with E-state index in [0.717, 1.165) is 16.7 Å². The Morgan fingerprint density at radius 2 is 1.96 bits per heavy atom. The van der Waals surface area contributed by atoms with Gasteiger partial charge in [-0.3, -0.25) is 9.59 Å². The molecule has 23 heavy (non-hydrogen) atoms. The Labute approximate surface area is 136 Å². The quantitative estimate of drug-likeness (QED) is 0.751. The molecule has 0 fully saturated rings. The molecule has 4 nitrogen and oxygen atoms in total. The molecule has 0 radical (unpaired) electrons. The number of Topliss-reactive ketones (excluding diaryl/α,β-unsaturated/α-hetero) is 1. The summed E-state index contributed by atoms with van der Waals surface area (Å²) in [7, 11) is 0. The zero-order valence-corrected chi connectivity index (χ0v) is 13.6. The van der Waals surface area contributed by atoms with Crippen LogP contribution in [-0.2, 0) is 0 Å². The Morgan fingerprint density at radius 1 is 1.22 bits per heavy atom. The first-order chi connectivity index (χ1) is 11.0. The molecule has 0 saturated carbocycles. The minimum atomic E-state index is -0.273. The molecule has 0 atom stereocenters. The number of aromatic amines is 1. The Hall–Kier alpha value is -2.66. The van der Waals surface area contributed by atoms with Crippen molar-refractivity contribution in [3.63, 3.8) is 0 Å². The van der Waals surface area contributed by atoms with E-state index in [9.17, 15) is 9.59 Å². The molecule has 0 aliphatic carbocycles. The molecule has 1 N–H and O–H groups in total. The molecule has 1 aromatic carbocycles. The lowest BCUT2D eigenvalue weighted by Crippen LogP contribution is -2.20. The molecule has 0 aliphatic rings. The first-order valence-electron chi connectivity index (χ1n) is 7.10. The normalized spacial score (nSPS) is 12.8. The molecule has 0 spiro atoms. The fourth-order valence-electron chi connectivity index (χ4n) is 2.38. The van der Waals surface area contributed by atoms with Gasteiger partial charge in [0, 0.05) is 6.08 Å². The SMILES string of the molecule is Cc1cc(C)cc(C=c2sc(=CC(=O)c3ccco3)[nH]c2=O)c1. The fraction of sp³-hybridized carbons (Fsp3) is 0.111. The highest BCUT2D eigenvalue weighted by Gasteiger charge is 2.05. The van der Waals surface area contributed by atoms with Gasteiger partial charge in [-0.2, -0.15) is 0 Å². The lowest BCUT2D eigenvalue weighted by molar-refractivity contribution is 0.103. The summed E-state index contributed by atoms with van der Waals surface area (Å²) in [5, 5.41) is 0. The van der Waals surface area contributed by atoms with Crippen LogP contribution < -0.4 is 14.8 Å². The Morgan fingerprint density at radius 3 is 2.61 bits per heavy atom. The van der Waals surface area contributed by atoms with Crippen LogP contribution in [0.3, 0.4) is 0 Å². The molecule has 0 amide bonds. The van der Waals surface area contributed by atoms with Crippen LogP contribution in [0.2, 0.25) is 0 Å². The maximum atomic E-state index is 12.1. The molecule has 2 heterocycles. The van der Waals surface area contributed by atoms with Gasteiger partial charge in [-0.05, 0) is 37.6 Å². The Kier molecular flexibility index (Phi) is 4.12. The largest absolute Gasteiger partial charge is 0.461 e. The highest BCUT2D eigenvalue weighted by molar-refractivity contribution is 7.07. The highest BCUT2D eigenvalue weighted by Crippen LogP contribution is 2.09. The number of aromatic nitrogens is 1. The summed E-state index contributed by atoms with van der Waals surface area (Å²) in [4.78, 5) is 26.7. The first kappa shape index (κ1) is 15.2. The van der Waals surface area contributed by atoms with Crippen LogP contribution in [0.1, 0.15) is 27.2 Å². The van der Waals surface area contributed by atoms with E-state index in [4.69, 9.17) is 4.42 Å². The number of ketones is 1.